The fourth-order valence-electron chi connectivity index (χ4n) is 2.36. The van der Waals surface area contributed by atoms with Gasteiger partial charge in [-0.05, 0) is 44.0 Å². The molecule has 2 aromatic rings. The molecule has 0 spiro atoms. The smallest absolute Gasteiger partial charge is 0.332 e. The lowest BCUT2D eigenvalue weighted by Crippen LogP contribution is -2.24. The summed E-state index contributed by atoms with van der Waals surface area (Å²) in [6.07, 6.45) is 2.63. The molecule has 0 fully saturated rings. The van der Waals surface area contributed by atoms with Crippen LogP contribution >= 0.6 is 0 Å². The molecule has 1 heterocycles. The van der Waals surface area contributed by atoms with Gasteiger partial charge in [-0.2, -0.15) is 5.10 Å². The Balaban J connectivity index is 2.34. The lowest BCUT2D eigenvalue weighted by molar-refractivity contribution is 0.249. The molecule has 0 aliphatic carbocycles. The molecule has 3 N–H and O–H groups in total. The molecule has 0 aliphatic heterocycles. The number of carbonyl (C=O) groups is 1. The van der Waals surface area contributed by atoms with E-state index in [2.05, 4.69) is 46.3 Å². The SMILES string of the molecule is CCc1ccc(-n2c(C)cc(C=NNC(N)=O)c2C)cc1. The number of benzene rings is 1. The summed E-state index contributed by atoms with van der Waals surface area (Å²) in [7, 11) is 0. The van der Waals surface area contributed by atoms with Crippen molar-refractivity contribution >= 4 is 12.2 Å². The Hall–Kier alpha value is -2.56. The highest BCUT2D eigenvalue weighted by Crippen LogP contribution is 2.20. The first-order valence-corrected chi connectivity index (χ1v) is 6.89. The van der Waals surface area contributed by atoms with E-state index in [4.69, 9.17) is 5.73 Å². The molecule has 0 radical (unpaired) electrons. The molecule has 2 rings (SSSR count). The van der Waals surface area contributed by atoms with Gasteiger partial charge < -0.3 is 10.3 Å². The van der Waals surface area contributed by atoms with Gasteiger partial charge in [-0.3, -0.25) is 0 Å². The lowest BCUT2D eigenvalue weighted by Gasteiger charge is -2.10. The largest absolute Gasteiger partial charge is 0.350 e. The van der Waals surface area contributed by atoms with Crippen molar-refractivity contribution < 1.29 is 4.79 Å². The Kier molecular flexibility index (Phi) is 4.42. The second-order valence-corrected chi connectivity index (χ2v) is 4.92. The van der Waals surface area contributed by atoms with Gasteiger partial charge in [-0.25, -0.2) is 10.2 Å². The zero-order chi connectivity index (χ0) is 15.4. The Morgan fingerprint density at radius 3 is 2.57 bits per heavy atom. The molecule has 0 saturated carbocycles. The number of aromatic nitrogens is 1. The van der Waals surface area contributed by atoms with Crippen LogP contribution in [0.3, 0.4) is 0 Å². The highest BCUT2D eigenvalue weighted by atomic mass is 16.2. The van der Waals surface area contributed by atoms with Crippen molar-refractivity contribution in [2.75, 3.05) is 0 Å². The summed E-state index contributed by atoms with van der Waals surface area (Å²) >= 11 is 0. The average Bonchev–Trinajstić information content (AvgIpc) is 2.73. The molecule has 21 heavy (non-hydrogen) atoms. The number of carbonyl (C=O) groups excluding carboxylic acids is 1. The predicted octanol–water partition coefficient (Wildman–Crippen LogP) is 2.66. The van der Waals surface area contributed by atoms with Crippen LogP contribution in [0.15, 0.2) is 35.4 Å². The molecule has 0 bridgehead atoms. The number of nitrogens with zero attached hydrogens (tertiary/aromatic N) is 2. The molecule has 0 atom stereocenters. The van der Waals surface area contributed by atoms with Gasteiger partial charge in [0.05, 0.1) is 6.21 Å². The third-order valence-electron chi connectivity index (χ3n) is 3.45. The van der Waals surface area contributed by atoms with E-state index in [0.717, 1.165) is 29.1 Å². The molecular weight excluding hydrogens is 264 g/mol. The standard InChI is InChI=1S/C16H20N4O/c1-4-13-5-7-15(8-6-13)20-11(2)9-14(12(20)3)10-18-19-16(17)21/h5-10H,4H2,1-3H3,(H3,17,19,21). The number of nitrogens with one attached hydrogen (secondary N) is 1. The van der Waals surface area contributed by atoms with E-state index in [1.807, 2.05) is 19.9 Å². The van der Waals surface area contributed by atoms with E-state index in [1.165, 1.54) is 5.56 Å². The topological polar surface area (TPSA) is 72.4 Å². The molecule has 1 aromatic heterocycles. The van der Waals surface area contributed by atoms with Gasteiger partial charge in [0, 0.05) is 22.6 Å². The number of amides is 2. The second kappa shape index (κ2) is 6.26. The van der Waals surface area contributed by atoms with Gasteiger partial charge in [-0.15, -0.1) is 0 Å². The molecule has 2 amide bonds. The van der Waals surface area contributed by atoms with Crippen molar-refractivity contribution in [2.24, 2.45) is 10.8 Å². The Labute approximate surface area is 124 Å². The molecule has 0 saturated heterocycles. The number of urea groups is 1. The number of nitrogens with two attached hydrogens (primary N) is 1. The van der Waals surface area contributed by atoms with Crippen LogP contribution in [0.1, 0.15) is 29.4 Å². The van der Waals surface area contributed by atoms with Crippen LogP contribution < -0.4 is 11.2 Å². The van der Waals surface area contributed by atoms with Gasteiger partial charge in [0.15, 0.2) is 0 Å². The fraction of sp³-hybridized carbons (Fsp3) is 0.250. The molecule has 110 valence electrons. The number of hydrogen-bond donors (Lipinski definition) is 2. The first-order valence-electron chi connectivity index (χ1n) is 6.89. The Morgan fingerprint density at radius 1 is 1.33 bits per heavy atom. The summed E-state index contributed by atoms with van der Waals surface area (Å²) in [5.41, 5.74) is 12.7. The maximum Gasteiger partial charge on any atom is 0.332 e. The van der Waals surface area contributed by atoms with Crippen molar-refractivity contribution in [3.8, 4) is 5.69 Å². The summed E-state index contributed by atoms with van der Waals surface area (Å²) < 4.78 is 2.16. The molecule has 0 aliphatic rings. The van der Waals surface area contributed by atoms with Crippen molar-refractivity contribution in [1.29, 1.82) is 0 Å². The van der Waals surface area contributed by atoms with Crippen LogP contribution in [-0.4, -0.2) is 16.8 Å². The minimum Gasteiger partial charge on any atom is -0.350 e. The third-order valence-corrected chi connectivity index (χ3v) is 3.45. The highest BCUT2D eigenvalue weighted by molar-refractivity contribution is 5.83. The minimum absolute atomic E-state index is 0.671. The predicted molar refractivity (Wildman–Crippen MR) is 84.9 cm³/mol. The second-order valence-electron chi connectivity index (χ2n) is 4.92. The summed E-state index contributed by atoms with van der Waals surface area (Å²) in [5.74, 6) is 0. The van der Waals surface area contributed by atoms with Crippen LogP contribution in [0.2, 0.25) is 0 Å². The van der Waals surface area contributed by atoms with E-state index >= 15 is 0 Å². The van der Waals surface area contributed by atoms with Crippen molar-refractivity contribution in [3.05, 3.63) is 52.8 Å². The zero-order valence-electron chi connectivity index (χ0n) is 12.6. The van der Waals surface area contributed by atoms with Crippen molar-refractivity contribution in [1.82, 2.24) is 9.99 Å². The van der Waals surface area contributed by atoms with Gasteiger partial charge in [-0.1, -0.05) is 19.1 Å². The monoisotopic (exact) mass is 284 g/mol. The molecule has 5 heteroatoms. The first kappa shape index (κ1) is 14.8. The van der Waals surface area contributed by atoms with Gasteiger partial charge in [0.1, 0.15) is 0 Å². The van der Waals surface area contributed by atoms with Crippen LogP contribution in [0, 0.1) is 13.8 Å². The molecule has 5 nitrogen and oxygen atoms in total. The van der Waals surface area contributed by atoms with Crippen molar-refractivity contribution in [2.45, 2.75) is 27.2 Å². The fourth-order valence-corrected chi connectivity index (χ4v) is 2.36. The number of aryl methyl sites for hydroxylation is 2. The first-order chi connectivity index (χ1) is 10.0. The lowest BCUT2D eigenvalue weighted by atomic mass is 10.1. The minimum atomic E-state index is -0.671. The zero-order valence-corrected chi connectivity index (χ0v) is 12.6. The Morgan fingerprint density at radius 2 is 2.00 bits per heavy atom. The number of primary amides is 1. The Bertz CT molecular complexity index is 668. The molecule has 1 aromatic carbocycles. The van der Waals surface area contributed by atoms with E-state index < -0.39 is 6.03 Å². The summed E-state index contributed by atoms with van der Waals surface area (Å²) in [6.45, 7) is 6.20. The van der Waals surface area contributed by atoms with Crippen molar-refractivity contribution in [3.63, 3.8) is 0 Å². The number of hydrazone groups is 1. The maximum absolute atomic E-state index is 10.6. The highest BCUT2D eigenvalue weighted by Gasteiger charge is 2.09. The van der Waals surface area contributed by atoms with Crippen LogP contribution in [0.5, 0.6) is 0 Å². The van der Waals surface area contributed by atoms with Crippen LogP contribution in [0.25, 0.3) is 5.69 Å². The maximum atomic E-state index is 10.6. The quantitative estimate of drug-likeness (QED) is 0.657. The number of rotatable bonds is 4. The van der Waals surface area contributed by atoms with Crippen LogP contribution in [-0.2, 0) is 6.42 Å². The van der Waals surface area contributed by atoms with Gasteiger partial charge in [0.25, 0.3) is 0 Å². The van der Waals surface area contributed by atoms with Crippen LogP contribution in [0.4, 0.5) is 4.79 Å². The average molecular weight is 284 g/mol. The van der Waals surface area contributed by atoms with Gasteiger partial charge >= 0.3 is 6.03 Å². The summed E-state index contributed by atoms with van der Waals surface area (Å²) in [5, 5.41) is 3.81. The van der Waals surface area contributed by atoms with E-state index in [9.17, 15) is 4.79 Å². The van der Waals surface area contributed by atoms with E-state index in [-0.39, 0.29) is 0 Å². The normalized spacial score (nSPS) is 11.0. The summed E-state index contributed by atoms with van der Waals surface area (Å²) in [6, 6.07) is 9.85. The molecular formula is C16H20N4O. The van der Waals surface area contributed by atoms with E-state index in [1.54, 1.807) is 6.21 Å². The van der Waals surface area contributed by atoms with Gasteiger partial charge in [0.2, 0.25) is 0 Å². The number of hydrogen-bond acceptors (Lipinski definition) is 2. The summed E-state index contributed by atoms with van der Waals surface area (Å²) in [4.78, 5) is 10.6. The van der Waals surface area contributed by atoms with E-state index in [0.29, 0.717) is 0 Å². The third kappa shape index (κ3) is 3.31. The molecule has 0 unspecified atom stereocenters.